The third kappa shape index (κ3) is 3.84. The summed E-state index contributed by atoms with van der Waals surface area (Å²) in [5.74, 6) is 0.722. The van der Waals surface area contributed by atoms with Crippen LogP contribution in [0, 0.1) is 17.2 Å². The molecule has 2 aromatic rings. The van der Waals surface area contributed by atoms with Gasteiger partial charge in [0.2, 0.25) is 5.95 Å². The van der Waals surface area contributed by atoms with Crippen LogP contribution in [-0.2, 0) is 0 Å². The normalized spacial score (nSPS) is 18.1. The first kappa shape index (κ1) is 16.9. The number of amides is 1. The minimum atomic E-state index is -0.567. The Balaban J connectivity index is 1.55. The molecule has 1 aromatic carbocycles. The van der Waals surface area contributed by atoms with Crippen LogP contribution in [0.3, 0.4) is 0 Å². The Morgan fingerprint density at radius 2 is 2.26 bits per heavy atom. The zero-order valence-corrected chi connectivity index (χ0v) is 14.5. The summed E-state index contributed by atoms with van der Waals surface area (Å²) in [6, 6.07) is 8.07. The number of nitrogens with two attached hydrogens (primary N) is 1. The molecule has 138 valence electrons. The number of primary amides is 1. The van der Waals surface area contributed by atoms with Gasteiger partial charge in [-0.2, -0.15) is 10.2 Å². The number of carbonyl (C=O) groups is 1. The number of fused-ring (bicyclic) bond motifs is 1. The molecule has 0 bridgehead atoms. The van der Waals surface area contributed by atoms with Gasteiger partial charge in [-0.1, -0.05) is 0 Å². The third-order valence-corrected chi connectivity index (χ3v) is 4.37. The smallest absolute Gasteiger partial charge is 0.254 e. The SMILES string of the molecule is N#CC1CNc2cc(Nc3ncc(C(N)=O)c(NC4CC4)n3)ccc2OC1. The lowest BCUT2D eigenvalue weighted by molar-refractivity contribution is 0.100. The van der Waals surface area contributed by atoms with E-state index >= 15 is 0 Å². The number of ether oxygens (including phenoxy) is 1. The molecule has 1 aliphatic heterocycles. The van der Waals surface area contributed by atoms with Crippen LogP contribution in [0.15, 0.2) is 24.4 Å². The van der Waals surface area contributed by atoms with Gasteiger partial charge in [-0.15, -0.1) is 0 Å². The van der Waals surface area contributed by atoms with E-state index in [9.17, 15) is 4.79 Å². The molecule has 1 amide bonds. The van der Waals surface area contributed by atoms with E-state index < -0.39 is 5.91 Å². The number of nitrogens with zero attached hydrogens (tertiary/aromatic N) is 3. The highest BCUT2D eigenvalue weighted by atomic mass is 16.5. The van der Waals surface area contributed by atoms with Crippen LogP contribution in [0.5, 0.6) is 5.75 Å². The minimum Gasteiger partial charge on any atom is -0.490 e. The predicted octanol–water partition coefficient (Wildman–Crippen LogP) is 1.84. The summed E-state index contributed by atoms with van der Waals surface area (Å²) >= 11 is 0. The number of hydrogen-bond acceptors (Lipinski definition) is 8. The van der Waals surface area contributed by atoms with E-state index in [0.29, 0.717) is 36.7 Å². The largest absolute Gasteiger partial charge is 0.490 e. The van der Waals surface area contributed by atoms with Gasteiger partial charge in [0.15, 0.2) is 0 Å². The van der Waals surface area contributed by atoms with Gasteiger partial charge in [-0.05, 0) is 31.0 Å². The maximum Gasteiger partial charge on any atom is 0.254 e. The number of carbonyl (C=O) groups excluding carboxylic acids is 1. The van der Waals surface area contributed by atoms with E-state index in [1.54, 1.807) is 0 Å². The van der Waals surface area contributed by atoms with Crippen molar-refractivity contribution in [1.82, 2.24) is 9.97 Å². The predicted molar refractivity (Wildman–Crippen MR) is 100 cm³/mol. The molecule has 1 atom stereocenters. The first-order valence-electron chi connectivity index (χ1n) is 8.73. The topological polar surface area (TPSA) is 138 Å². The van der Waals surface area contributed by atoms with Crippen LogP contribution in [0.25, 0.3) is 0 Å². The third-order valence-electron chi connectivity index (χ3n) is 4.37. The number of nitriles is 1. The van der Waals surface area contributed by atoms with Gasteiger partial charge in [0.25, 0.3) is 5.91 Å². The molecular weight excluding hydrogens is 346 g/mol. The Hall–Kier alpha value is -3.54. The minimum absolute atomic E-state index is 0.199. The molecule has 9 nitrogen and oxygen atoms in total. The molecule has 0 radical (unpaired) electrons. The average Bonchev–Trinajstić information content (AvgIpc) is 3.48. The molecule has 27 heavy (non-hydrogen) atoms. The molecule has 2 aliphatic rings. The average molecular weight is 365 g/mol. The summed E-state index contributed by atoms with van der Waals surface area (Å²) in [7, 11) is 0. The molecule has 5 N–H and O–H groups in total. The number of hydrogen-bond donors (Lipinski definition) is 4. The lowest BCUT2D eigenvalue weighted by atomic mass is 10.2. The summed E-state index contributed by atoms with van der Waals surface area (Å²) in [4.78, 5) is 20.2. The zero-order valence-electron chi connectivity index (χ0n) is 14.5. The second-order valence-corrected chi connectivity index (χ2v) is 6.59. The fraction of sp³-hybridized carbons (Fsp3) is 0.333. The highest BCUT2D eigenvalue weighted by Crippen LogP contribution is 2.32. The van der Waals surface area contributed by atoms with E-state index in [2.05, 4.69) is 32.0 Å². The number of anilines is 4. The van der Waals surface area contributed by atoms with Gasteiger partial charge in [-0.25, -0.2) is 4.98 Å². The highest BCUT2D eigenvalue weighted by Gasteiger charge is 2.24. The highest BCUT2D eigenvalue weighted by molar-refractivity contribution is 5.97. The molecule has 4 rings (SSSR count). The molecule has 2 heterocycles. The lowest BCUT2D eigenvalue weighted by Gasteiger charge is -2.13. The van der Waals surface area contributed by atoms with Crippen LogP contribution in [0.1, 0.15) is 23.2 Å². The number of nitrogens with one attached hydrogen (secondary N) is 3. The second kappa shape index (κ2) is 6.99. The van der Waals surface area contributed by atoms with Crippen molar-refractivity contribution in [2.75, 3.05) is 29.1 Å². The molecule has 0 spiro atoms. The van der Waals surface area contributed by atoms with Crippen molar-refractivity contribution in [2.24, 2.45) is 11.7 Å². The Morgan fingerprint density at radius 3 is 3.00 bits per heavy atom. The zero-order chi connectivity index (χ0) is 18.8. The van der Waals surface area contributed by atoms with Gasteiger partial charge < -0.3 is 26.4 Å². The van der Waals surface area contributed by atoms with Gasteiger partial charge in [0, 0.05) is 24.5 Å². The fourth-order valence-corrected chi connectivity index (χ4v) is 2.72. The van der Waals surface area contributed by atoms with Crippen molar-refractivity contribution in [1.29, 1.82) is 5.26 Å². The van der Waals surface area contributed by atoms with Gasteiger partial charge in [0.05, 0.1) is 23.2 Å². The van der Waals surface area contributed by atoms with Crippen molar-refractivity contribution < 1.29 is 9.53 Å². The van der Waals surface area contributed by atoms with E-state index in [4.69, 9.17) is 15.7 Å². The number of benzene rings is 1. The van der Waals surface area contributed by atoms with Gasteiger partial charge >= 0.3 is 0 Å². The van der Waals surface area contributed by atoms with E-state index in [1.165, 1.54) is 6.20 Å². The Labute approximate surface area is 155 Å². The second-order valence-electron chi connectivity index (χ2n) is 6.59. The number of aromatic nitrogens is 2. The molecular formula is C18H19N7O2. The number of rotatable bonds is 5. The maximum absolute atomic E-state index is 11.6. The maximum atomic E-state index is 11.6. The molecule has 1 fully saturated rings. The molecule has 1 aliphatic carbocycles. The monoisotopic (exact) mass is 365 g/mol. The Kier molecular flexibility index (Phi) is 4.38. The summed E-state index contributed by atoms with van der Waals surface area (Å²) < 4.78 is 5.66. The molecule has 1 saturated carbocycles. The van der Waals surface area contributed by atoms with Crippen molar-refractivity contribution >= 4 is 29.0 Å². The van der Waals surface area contributed by atoms with Crippen LogP contribution < -0.4 is 26.4 Å². The summed E-state index contributed by atoms with van der Waals surface area (Å²) in [6.07, 6.45) is 3.51. The fourth-order valence-electron chi connectivity index (χ4n) is 2.72. The van der Waals surface area contributed by atoms with Crippen molar-refractivity contribution in [3.05, 3.63) is 30.0 Å². The van der Waals surface area contributed by atoms with Gasteiger partial charge in [-0.3, -0.25) is 4.79 Å². The van der Waals surface area contributed by atoms with Crippen LogP contribution >= 0.6 is 0 Å². The van der Waals surface area contributed by atoms with Crippen LogP contribution in [0.4, 0.5) is 23.1 Å². The van der Waals surface area contributed by atoms with Gasteiger partial charge in [0.1, 0.15) is 18.2 Å². The summed E-state index contributed by atoms with van der Waals surface area (Å²) in [5, 5.41) is 18.6. The van der Waals surface area contributed by atoms with Crippen molar-refractivity contribution in [2.45, 2.75) is 18.9 Å². The first-order valence-corrected chi connectivity index (χ1v) is 8.73. The lowest BCUT2D eigenvalue weighted by Crippen LogP contribution is -2.17. The van der Waals surface area contributed by atoms with Crippen molar-refractivity contribution in [3.8, 4) is 11.8 Å². The van der Waals surface area contributed by atoms with Crippen LogP contribution in [-0.4, -0.2) is 35.1 Å². The molecule has 1 unspecified atom stereocenters. The van der Waals surface area contributed by atoms with E-state index in [-0.39, 0.29) is 11.5 Å². The molecule has 9 heteroatoms. The van der Waals surface area contributed by atoms with Crippen molar-refractivity contribution in [3.63, 3.8) is 0 Å². The Bertz CT molecular complexity index is 920. The summed E-state index contributed by atoms with van der Waals surface area (Å²) in [6.45, 7) is 0.878. The van der Waals surface area contributed by atoms with E-state index in [0.717, 1.165) is 24.2 Å². The standard InChI is InChI=1S/C18H19N7O2/c19-6-10-7-21-14-5-12(3-4-15(14)27-9-10)24-18-22-8-13(16(20)26)17(25-18)23-11-1-2-11/h3-5,8,10-11,21H,1-2,7,9H2,(H2,20,26)(H2,22,23,24,25). The van der Waals surface area contributed by atoms with E-state index in [1.807, 2.05) is 18.2 Å². The molecule has 1 aromatic heterocycles. The van der Waals surface area contributed by atoms with Crippen LogP contribution in [0.2, 0.25) is 0 Å². The molecule has 0 saturated heterocycles. The first-order chi connectivity index (χ1) is 13.1. The quantitative estimate of drug-likeness (QED) is 0.630. The Morgan fingerprint density at radius 1 is 1.41 bits per heavy atom. The summed E-state index contributed by atoms with van der Waals surface area (Å²) in [5.41, 5.74) is 7.22.